The van der Waals surface area contributed by atoms with Crippen molar-refractivity contribution in [1.29, 1.82) is 0 Å². The van der Waals surface area contributed by atoms with Crippen LogP contribution < -0.4 is 10.1 Å². The molecule has 1 atom stereocenters. The van der Waals surface area contributed by atoms with E-state index in [4.69, 9.17) is 16.3 Å². The van der Waals surface area contributed by atoms with Crippen LogP contribution in [0.5, 0.6) is 5.75 Å². The second-order valence-electron chi connectivity index (χ2n) is 7.01. The molecule has 0 radical (unpaired) electrons. The van der Waals surface area contributed by atoms with E-state index < -0.39 is 0 Å². The van der Waals surface area contributed by atoms with Crippen LogP contribution in [0.3, 0.4) is 0 Å². The summed E-state index contributed by atoms with van der Waals surface area (Å²) >= 11 is 6.35. The van der Waals surface area contributed by atoms with E-state index in [1.807, 2.05) is 55.5 Å². The first kappa shape index (κ1) is 20.0. The Morgan fingerprint density at radius 2 is 1.79 bits per heavy atom. The summed E-state index contributed by atoms with van der Waals surface area (Å²) in [7, 11) is 1.62. The van der Waals surface area contributed by atoms with Gasteiger partial charge in [-0.1, -0.05) is 43.6 Å². The molecule has 6 heteroatoms. The van der Waals surface area contributed by atoms with E-state index in [0.717, 1.165) is 17.0 Å². The van der Waals surface area contributed by atoms with Gasteiger partial charge in [0.1, 0.15) is 11.4 Å². The number of methoxy groups -OCH3 is 1. The fourth-order valence-electron chi connectivity index (χ4n) is 2.71. The van der Waals surface area contributed by atoms with E-state index in [2.05, 4.69) is 24.3 Å². The maximum absolute atomic E-state index is 13.0. The van der Waals surface area contributed by atoms with Gasteiger partial charge < -0.3 is 10.1 Å². The Kier molecular flexibility index (Phi) is 6.05. The monoisotopic (exact) mass is 397 g/mol. The lowest BCUT2D eigenvalue weighted by Gasteiger charge is -2.17. The van der Waals surface area contributed by atoms with Gasteiger partial charge in [0.05, 0.1) is 23.5 Å². The fourth-order valence-corrected chi connectivity index (χ4v) is 2.94. The van der Waals surface area contributed by atoms with Gasteiger partial charge in [0, 0.05) is 11.6 Å². The molecule has 0 fully saturated rings. The molecule has 3 aromatic rings. The van der Waals surface area contributed by atoms with E-state index in [-0.39, 0.29) is 11.9 Å². The molecule has 0 aliphatic heterocycles. The Labute approximate surface area is 170 Å². The summed E-state index contributed by atoms with van der Waals surface area (Å²) in [5, 5.41) is 8.31. The number of hydrogen-bond donors (Lipinski definition) is 1. The maximum Gasteiger partial charge on any atom is 0.270 e. The van der Waals surface area contributed by atoms with Crippen molar-refractivity contribution < 1.29 is 9.53 Å². The number of benzene rings is 2. The van der Waals surface area contributed by atoms with Gasteiger partial charge in [0.25, 0.3) is 5.91 Å². The van der Waals surface area contributed by atoms with Crippen LogP contribution in [-0.4, -0.2) is 28.8 Å². The van der Waals surface area contributed by atoms with E-state index in [9.17, 15) is 4.79 Å². The van der Waals surface area contributed by atoms with Gasteiger partial charge in [-0.15, -0.1) is 0 Å². The number of rotatable bonds is 6. The van der Waals surface area contributed by atoms with Crippen molar-refractivity contribution in [2.75, 3.05) is 7.11 Å². The van der Waals surface area contributed by atoms with Crippen molar-refractivity contribution in [3.63, 3.8) is 0 Å². The van der Waals surface area contributed by atoms with Gasteiger partial charge in [0.15, 0.2) is 0 Å². The van der Waals surface area contributed by atoms with Crippen molar-refractivity contribution in [3.8, 4) is 22.7 Å². The molecule has 0 spiro atoms. The number of carbonyl (C=O) groups excluding carboxylic acids is 1. The minimum absolute atomic E-state index is 0.0375. The number of ether oxygens (including phenoxy) is 1. The third-order valence-corrected chi connectivity index (χ3v) is 5.10. The highest BCUT2D eigenvalue weighted by atomic mass is 35.5. The minimum atomic E-state index is -0.178. The lowest BCUT2D eigenvalue weighted by molar-refractivity contribution is 0.0922. The highest BCUT2D eigenvalue weighted by Gasteiger charge is 2.21. The molecule has 0 saturated carbocycles. The SMILES string of the molecule is COc1ccc(-n2nc(-c3ccccc3Cl)cc2C(=O)NC(C)C(C)C)cc1. The van der Waals surface area contributed by atoms with E-state index in [1.54, 1.807) is 17.9 Å². The van der Waals surface area contributed by atoms with Crippen LogP contribution in [0.15, 0.2) is 54.6 Å². The molecule has 1 amide bonds. The van der Waals surface area contributed by atoms with Crippen LogP contribution in [0.1, 0.15) is 31.3 Å². The smallest absolute Gasteiger partial charge is 0.270 e. The molecule has 0 bridgehead atoms. The fraction of sp³-hybridized carbons (Fsp3) is 0.273. The Morgan fingerprint density at radius 1 is 1.11 bits per heavy atom. The van der Waals surface area contributed by atoms with Crippen LogP contribution in [0.25, 0.3) is 16.9 Å². The third-order valence-electron chi connectivity index (χ3n) is 4.77. The number of nitrogens with zero attached hydrogens (tertiary/aromatic N) is 2. The van der Waals surface area contributed by atoms with Gasteiger partial charge >= 0.3 is 0 Å². The van der Waals surface area contributed by atoms with Crippen molar-refractivity contribution in [1.82, 2.24) is 15.1 Å². The summed E-state index contributed by atoms with van der Waals surface area (Å²) in [6.45, 7) is 6.13. The van der Waals surface area contributed by atoms with Crippen molar-refractivity contribution in [2.45, 2.75) is 26.8 Å². The molecule has 28 heavy (non-hydrogen) atoms. The van der Waals surface area contributed by atoms with Gasteiger partial charge in [-0.3, -0.25) is 4.79 Å². The molecule has 0 aliphatic rings. The van der Waals surface area contributed by atoms with Crippen LogP contribution >= 0.6 is 11.6 Å². The minimum Gasteiger partial charge on any atom is -0.497 e. The summed E-state index contributed by atoms with van der Waals surface area (Å²) < 4.78 is 6.86. The molecule has 1 N–H and O–H groups in total. The lowest BCUT2D eigenvalue weighted by Crippen LogP contribution is -2.37. The van der Waals surface area contributed by atoms with Crippen molar-refractivity contribution >= 4 is 17.5 Å². The second kappa shape index (κ2) is 8.48. The number of halogens is 1. The van der Waals surface area contributed by atoms with E-state index in [0.29, 0.717) is 22.3 Å². The summed E-state index contributed by atoms with van der Waals surface area (Å²) in [5.41, 5.74) is 2.64. The zero-order valence-electron chi connectivity index (χ0n) is 16.4. The van der Waals surface area contributed by atoms with Gasteiger partial charge in [-0.05, 0) is 49.2 Å². The number of carbonyl (C=O) groups is 1. The first-order valence-corrected chi connectivity index (χ1v) is 9.58. The Hall–Kier alpha value is -2.79. The predicted molar refractivity (Wildman–Crippen MR) is 112 cm³/mol. The van der Waals surface area contributed by atoms with Crippen LogP contribution in [-0.2, 0) is 0 Å². The van der Waals surface area contributed by atoms with Crippen LogP contribution in [0.4, 0.5) is 0 Å². The molecule has 0 saturated heterocycles. The topological polar surface area (TPSA) is 56.2 Å². The molecule has 2 aromatic carbocycles. The zero-order valence-corrected chi connectivity index (χ0v) is 17.2. The highest BCUT2D eigenvalue weighted by molar-refractivity contribution is 6.33. The van der Waals surface area contributed by atoms with Crippen molar-refractivity contribution in [2.24, 2.45) is 5.92 Å². The number of hydrogen-bond acceptors (Lipinski definition) is 3. The molecular weight excluding hydrogens is 374 g/mol. The van der Waals surface area contributed by atoms with Gasteiger partial charge in [0.2, 0.25) is 0 Å². The Bertz CT molecular complexity index is 964. The molecule has 3 rings (SSSR count). The molecule has 1 aromatic heterocycles. The van der Waals surface area contributed by atoms with Gasteiger partial charge in [-0.2, -0.15) is 5.10 Å². The van der Waals surface area contributed by atoms with Crippen LogP contribution in [0.2, 0.25) is 5.02 Å². The number of aromatic nitrogens is 2. The molecule has 0 aliphatic carbocycles. The zero-order chi connectivity index (χ0) is 20.3. The quantitative estimate of drug-likeness (QED) is 0.638. The molecule has 1 unspecified atom stereocenters. The molecule has 5 nitrogen and oxygen atoms in total. The van der Waals surface area contributed by atoms with Crippen LogP contribution in [0, 0.1) is 5.92 Å². The first-order valence-electron chi connectivity index (χ1n) is 9.21. The number of amides is 1. The van der Waals surface area contributed by atoms with E-state index in [1.165, 1.54) is 0 Å². The molecular formula is C22H24ClN3O2. The maximum atomic E-state index is 13.0. The lowest BCUT2D eigenvalue weighted by atomic mass is 10.1. The standard InChI is InChI=1S/C22H24ClN3O2/c1-14(2)15(3)24-22(27)21-13-20(18-7-5-6-8-19(18)23)25-26(21)16-9-11-17(28-4)12-10-16/h5-15H,1-4H3,(H,24,27). The largest absolute Gasteiger partial charge is 0.497 e. The summed E-state index contributed by atoms with van der Waals surface area (Å²) in [5.74, 6) is 0.883. The average Bonchev–Trinajstić information content (AvgIpc) is 3.13. The third kappa shape index (κ3) is 4.20. The normalized spacial score (nSPS) is 12.1. The Morgan fingerprint density at radius 3 is 2.39 bits per heavy atom. The summed E-state index contributed by atoms with van der Waals surface area (Å²) in [4.78, 5) is 13.0. The van der Waals surface area contributed by atoms with E-state index >= 15 is 0 Å². The number of nitrogens with one attached hydrogen (secondary N) is 1. The molecule has 146 valence electrons. The summed E-state index contributed by atoms with van der Waals surface area (Å²) in [6, 6.07) is 16.7. The Balaban J connectivity index is 2.07. The molecule has 1 heterocycles. The predicted octanol–water partition coefficient (Wildman–Crippen LogP) is 4.98. The van der Waals surface area contributed by atoms with Crippen molar-refractivity contribution in [3.05, 3.63) is 65.3 Å². The average molecular weight is 398 g/mol. The van der Waals surface area contributed by atoms with Gasteiger partial charge in [-0.25, -0.2) is 4.68 Å². The first-order chi connectivity index (χ1) is 13.4. The second-order valence-corrected chi connectivity index (χ2v) is 7.42. The highest BCUT2D eigenvalue weighted by Crippen LogP contribution is 2.28. The summed E-state index contributed by atoms with van der Waals surface area (Å²) in [6.07, 6.45) is 0.